The maximum Gasteiger partial charge on any atom is 0.278 e. The molecule has 0 atom stereocenters. The molecule has 2 saturated heterocycles. The Balaban J connectivity index is 0.739. The molecule has 0 bridgehead atoms. The second-order valence-corrected chi connectivity index (χ2v) is 15.5. The van der Waals surface area contributed by atoms with Gasteiger partial charge in [0.1, 0.15) is 5.39 Å². The highest BCUT2D eigenvalue weighted by atomic mass is 16.5. The Morgan fingerprint density at radius 3 is 2.16 bits per heavy atom. The predicted octanol–water partition coefficient (Wildman–Crippen LogP) is 3.97. The van der Waals surface area contributed by atoms with Crippen LogP contribution >= 0.6 is 0 Å². The summed E-state index contributed by atoms with van der Waals surface area (Å²) in [4.78, 5) is 49.0. The number of benzene rings is 2. The van der Waals surface area contributed by atoms with Crippen LogP contribution in [-0.2, 0) is 43.4 Å². The van der Waals surface area contributed by atoms with E-state index in [1.54, 1.807) is 43.2 Å². The number of allylic oxidation sites excluding steroid dienone is 1. The fourth-order valence-corrected chi connectivity index (χ4v) is 7.73. The quantitative estimate of drug-likeness (QED) is 0.0745. The van der Waals surface area contributed by atoms with Gasteiger partial charge in [-0.05, 0) is 41.5 Å². The number of methoxy groups -OCH3 is 2. The van der Waals surface area contributed by atoms with E-state index in [1.807, 2.05) is 29.2 Å². The number of hydrogen-bond acceptors (Lipinski definition) is 14. The number of nitrogens with zero attached hydrogens (tertiary/aromatic N) is 9. The summed E-state index contributed by atoms with van der Waals surface area (Å²) >= 11 is 0. The summed E-state index contributed by atoms with van der Waals surface area (Å²) in [6.45, 7) is 16.7. The molecule has 17 heteroatoms. The molecule has 1 amide bonds. The Kier molecular flexibility index (Phi) is 16.6. The molecule has 2 aromatic carbocycles. The monoisotopic (exact) mass is 864 g/mol. The summed E-state index contributed by atoms with van der Waals surface area (Å²) in [5.41, 5.74) is 4.55. The van der Waals surface area contributed by atoms with Crippen LogP contribution < -0.4 is 20.5 Å². The van der Waals surface area contributed by atoms with E-state index in [4.69, 9.17) is 28.7 Å². The fraction of sp³-hybridized carbons (Fsp3) is 0.457. The SMILES string of the molecule is C=CCn1c(=O)c2cnc(Nc3ccc(N4CCN(C(=O)CCOCCOCCOCCN5CCN(Cc6ccc(COC)cc6)CC5)CC4)cc3)nc2n1-c1cccc(OC)n1. The highest BCUT2D eigenvalue weighted by Gasteiger charge is 2.22. The van der Waals surface area contributed by atoms with Gasteiger partial charge in [-0.2, -0.15) is 9.97 Å². The van der Waals surface area contributed by atoms with Crippen LogP contribution in [0.5, 0.6) is 5.88 Å². The van der Waals surface area contributed by atoms with E-state index in [0.717, 1.165) is 63.7 Å². The van der Waals surface area contributed by atoms with Crippen molar-refractivity contribution < 1.29 is 28.5 Å². The van der Waals surface area contributed by atoms with Gasteiger partial charge in [0.05, 0.1) is 66.3 Å². The van der Waals surface area contributed by atoms with Crippen LogP contribution in [0.1, 0.15) is 17.5 Å². The average Bonchev–Trinajstić information content (AvgIpc) is 3.59. The highest BCUT2D eigenvalue weighted by Crippen LogP contribution is 2.23. The molecule has 2 aliphatic rings. The predicted molar refractivity (Wildman–Crippen MR) is 242 cm³/mol. The molecule has 5 heterocycles. The number of carbonyl (C=O) groups is 1. The number of anilines is 3. The van der Waals surface area contributed by atoms with E-state index in [1.165, 1.54) is 22.0 Å². The average molecular weight is 865 g/mol. The van der Waals surface area contributed by atoms with Crippen molar-refractivity contribution in [2.45, 2.75) is 26.1 Å². The molecule has 7 rings (SSSR count). The molecule has 0 aliphatic carbocycles. The number of carbonyl (C=O) groups excluding carboxylic acids is 1. The summed E-state index contributed by atoms with van der Waals surface area (Å²) < 4.78 is 30.9. The van der Waals surface area contributed by atoms with Crippen LogP contribution in [0.25, 0.3) is 16.9 Å². The van der Waals surface area contributed by atoms with E-state index in [0.29, 0.717) is 94.4 Å². The van der Waals surface area contributed by atoms with Crippen molar-refractivity contribution >= 4 is 34.3 Å². The number of piperazine rings is 2. The number of rotatable bonds is 23. The first kappa shape index (κ1) is 45.3. The Bertz CT molecular complexity index is 2270. The van der Waals surface area contributed by atoms with Gasteiger partial charge in [0.25, 0.3) is 5.56 Å². The zero-order valence-corrected chi connectivity index (χ0v) is 36.5. The van der Waals surface area contributed by atoms with E-state index in [-0.39, 0.29) is 18.0 Å². The lowest BCUT2D eigenvalue weighted by atomic mass is 10.1. The van der Waals surface area contributed by atoms with E-state index >= 15 is 0 Å². The van der Waals surface area contributed by atoms with Crippen molar-refractivity contribution in [1.29, 1.82) is 0 Å². The Hall–Kier alpha value is -5.69. The minimum absolute atomic E-state index is 0.0994. The third-order valence-corrected chi connectivity index (χ3v) is 11.2. The minimum Gasteiger partial charge on any atom is -0.481 e. The first-order valence-corrected chi connectivity index (χ1v) is 21.7. The third-order valence-electron chi connectivity index (χ3n) is 11.2. The highest BCUT2D eigenvalue weighted by molar-refractivity contribution is 5.77. The molecule has 5 aromatic rings. The van der Waals surface area contributed by atoms with Crippen LogP contribution in [0.15, 0.2) is 90.4 Å². The molecule has 0 saturated carbocycles. The number of nitrogens with one attached hydrogen (secondary N) is 1. The molecular weight excluding hydrogens is 805 g/mol. The van der Waals surface area contributed by atoms with E-state index in [2.05, 4.69) is 60.8 Å². The van der Waals surface area contributed by atoms with Gasteiger partial charge in [0.2, 0.25) is 17.7 Å². The van der Waals surface area contributed by atoms with Gasteiger partial charge in [-0.3, -0.25) is 19.4 Å². The molecular formula is C46H60N10O7. The number of hydrogen-bond donors (Lipinski definition) is 1. The minimum atomic E-state index is -0.247. The van der Waals surface area contributed by atoms with Crippen molar-refractivity contribution in [3.8, 4) is 11.7 Å². The molecule has 2 fully saturated rings. The normalized spacial score (nSPS) is 15.0. The summed E-state index contributed by atoms with van der Waals surface area (Å²) in [6.07, 6.45) is 3.51. The van der Waals surface area contributed by atoms with Crippen LogP contribution in [0.4, 0.5) is 17.3 Å². The summed E-state index contributed by atoms with van der Waals surface area (Å²) in [7, 11) is 3.27. The zero-order valence-electron chi connectivity index (χ0n) is 36.5. The van der Waals surface area contributed by atoms with Gasteiger partial charge in [-0.25, -0.2) is 14.3 Å². The smallest absolute Gasteiger partial charge is 0.278 e. The molecule has 1 N–H and O–H groups in total. The van der Waals surface area contributed by atoms with Crippen LogP contribution in [-0.4, -0.2) is 158 Å². The largest absolute Gasteiger partial charge is 0.481 e. The van der Waals surface area contributed by atoms with Gasteiger partial charge < -0.3 is 38.8 Å². The first-order chi connectivity index (χ1) is 30.9. The maximum absolute atomic E-state index is 13.3. The fourth-order valence-electron chi connectivity index (χ4n) is 7.73. The summed E-state index contributed by atoms with van der Waals surface area (Å²) in [5.74, 6) is 1.33. The topological polar surface area (TPSA) is 154 Å². The van der Waals surface area contributed by atoms with Crippen molar-refractivity contribution in [1.82, 2.24) is 39.0 Å². The van der Waals surface area contributed by atoms with Crippen LogP contribution in [0.3, 0.4) is 0 Å². The lowest BCUT2D eigenvalue weighted by Crippen LogP contribution is -2.49. The molecule has 336 valence electrons. The molecule has 63 heavy (non-hydrogen) atoms. The van der Waals surface area contributed by atoms with Gasteiger partial charge in [-0.15, -0.1) is 6.58 Å². The second-order valence-electron chi connectivity index (χ2n) is 15.5. The lowest BCUT2D eigenvalue weighted by molar-refractivity contribution is -0.132. The lowest BCUT2D eigenvalue weighted by Gasteiger charge is -2.36. The number of amides is 1. The van der Waals surface area contributed by atoms with Gasteiger partial charge >= 0.3 is 0 Å². The summed E-state index contributed by atoms with van der Waals surface area (Å²) in [6, 6.07) is 22.0. The molecule has 0 unspecified atom stereocenters. The number of pyridine rings is 1. The van der Waals surface area contributed by atoms with Crippen molar-refractivity contribution in [3.05, 3.63) is 107 Å². The Labute approximate surface area is 368 Å². The Morgan fingerprint density at radius 2 is 1.46 bits per heavy atom. The zero-order chi connectivity index (χ0) is 43.8. The van der Waals surface area contributed by atoms with Crippen molar-refractivity contribution in [2.75, 3.05) is 123 Å². The summed E-state index contributed by atoms with van der Waals surface area (Å²) in [5, 5.41) is 3.62. The van der Waals surface area contributed by atoms with E-state index in [9.17, 15) is 9.59 Å². The maximum atomic E-state index is 13.3. The van der Waals surface area contributed by atoms with Gasteiger partial charge in [0.15, 0.2) is 11.5 Å². The number of aromatic nitrogens is 5. The van der Waals surface area contributed by atoms with Gasteiger partial charge in [-0.1, -0.05) is 36.4 Å². The number of ether oxygens (including phenoxy) is 5. The molecule has 0 radical (unpaired) electrons. The number of fused-ring (bicyclic) bond motifs is 1. The van der Waals surface area contributed by atoms with Crippen LogP contribution in [0, 0.1) is 0 Å². The van der Waals surface area contributed by atoms with E-state index < -0.39 is 0 Å². The van der Waals surface area contributed by atoms with Crippen LogP contribution in [0.2, 0.25) is 0 Å². The molecule has 2 aliphatic heterocycles. The first-order valence-electron chi connectivity index (χ1n) is 21.7. The van der Waals surface area contributed by atoms with Crippen molar-refractivity contribution in [2.24, 2.45) is 0 Å². The molecule has 0 spiro atoms. The molecule has 17 nitrogen and oxygen atoms in total. The van der Waals surface area contributed by atoms with Crippen molar-refractivity contribution in [3.63, 3.8) is 0 Å². The standard InChI is InChI=1S/C46H60N10O7/c1-4-17-55-45(58)40-33-47-46(50-44(40)56(55)41-6-5-7-42(49-41)60-3)48-38-12-14-39(15-13-38)53-22-24-54(25-23-53)43(57)16-27-61-29-31-63-32-30-62-28-26-51-18-20-52(21-19-51)34-36-8-10-37(11-9-36)35-59-2/h4-15,33H,1,16-32,34-35H2,2-3H3,(H,47,48,50). The third kappa shape index (κ3) is 12.5. The second kappa shape index (κ2) is 23.1. The van der Waals surface area contributed by atoms with Gasteiger partial charge in [0, 0.05) is 96.2 Å². The Morgan fingerprint density at radius 1 is 0.778 bits per heavy atom. The molecule has 3 aromatic heterocycles.